The monoisotopic (exact) mass is 822 g/mol. The zero-order chi connectivity index (χ0) is 37.6. The van der Waals surface area contributed by atoms with Crippen molar-refractivity contribution in [3.05, 3.63) is 167 Å². The van der Waals surface area contributed by atoms with Gasteiger partial charge in [0.25, 0.3) is 0 Å². The van der Waals surface area contributed by atoms with Crippen molar-refractivity contribution in [3.8, 4) is 22.3 Å². The second-order valence-corrected chi connectivity index (χ2v) is 16.7. The summed E-state index contributed by atoms with van der Waals surface area (Å²) in [6, 6.07) is 36.2. The standard InChI is InChI=1S/2C13H9.2C9H13.2C3H6.2ClH.2Ti/c2*1-3-7-12-10(5-1)9-11-6-2-4-8-13(11)12;2*1-2-3-6-9-7-4-5-8-9;2*1-3-2;;;;/h2*1-5,7-8H,9H2;2*4,7H,2-3,5-6H2,1H3;2*1-2H3;2*1H;;/q4*-1;;;;;2*+2/p-2. The molecule has 4 heteroatoms. The second-order valence-electron chi connectivity index (χ2n) is 13.6. The van der Waals surface area contributed by atoms with E-state index in [0.29, 0.717) is 0 Å². The molecule has 0 radical (unpaired) electrons. The molecule has 0 atom stereocenters. The van der Waals surface area contributed by atoms with Crippen molar-refractivity contribution < 1.29 is 64.8 Å². The summed E-state index contributed by atoms with van der Waals surface area (Å²) in [6.07, 6.45) is 27.2. The van der Waals surface area contributed by atoms with Gasteiger partial charge in [-0.05, 0) is 12.8 Å². The van der Waals surface area contributed by atoms with E-state index < -0.39 is 0 Å². The largest absolute Gasteiger partial charge is 1.00 e. The minimum absolute atomic E-state index is 0. The molecule has 0 N–H and O–H groups in total. The minimum atomic E-state index is 0. The summed E-state index contributed by atoms with van der Waals surface area (Å²) >= 11 is 4.17. The van der Waals surface area contributed by atoms with Gasteiger partial charge in [0.1, 0.15) is 0 Å². The Morgan fingerprint density at radius 1 is 0.537 bits per heavy atom. The molecule has 0 saturated carbocycles. The molecule has 4 aromatic rings. The Balaban J connectivity index is 0.000000338. The molecule has 0 fully saturated rings. The van der Waals surface area contributed by atoms with Gasteiger partial charge in [0.15, 0.2) is 0 Å². The zero-order valence-electron chi connectivity index (χ0n) is 33.2. The van der Waals surface area contributed by atoms with Gasteiger partial charge in [-0.2, -0.15) is 71.8 Å². The van der Waals surface area contributed by atoms with Crippen molar-refractivity contribution in [3.63, 3.8) is 0 Å². The van der Waals surface area contributed by atoms with Crippen molar-refractivity contribution in [1.82, 2.24) is 0 Å². The van der Waals surface area contributed by atoms with Crippen LogP contribution in [0.2, 0.25) is 0 Å². The maximum atomic E-state index is 3.30. The molecule has 0 aliphatic heterocycles. The topological polar surface area (TPSA) is 0 Å². The number of allylic oxidation sites excluding steroid dienone is 8. The van der Waals surface area contributed by atoms with Crippen molar-refractivity contribution >= 4 is 7.62 Å². The van der Waals surface area contributed by atoms with E-state index in [9.17, 15) is 0 Å². The number of halogens is 2. The third-order valence-electron chi connectivity index (χ3n) is 8.36. The summed E-state index contributed by atoms with van der Waals surface area (Å²) in [4.78, 5) is 0. The van der Waals surface area contributed by atoms with E-state index in [2.05, 4.69) is 203 Å². The van der Waals surface area contributed by atoms with Gasteiger partial charge in [-0.3, -0.25) is 12.2 Å². The molecule has 4 aromatic carbocycles. The number of fused-ring (bicyclic) bond motifs is 6. The molecule has 0 spiro atoms. The molecule has 4 aliphatic rings. The molecular weight excluding hydrogens is 767 g/mol. The van der Waals surface area contributed by atoms with Gasteiger partial charge in [-0.25, -0.2) is 23.3 Å². The quantitative estimate of drug-likeness (QED) is 0.122. The molecule has 0 bridgehead atoms. The van der Waals surface area contributed by atoms with Gasteiger partial charge in [0.2, 0.25) is 0 Å². The van der Waals surface area contributed by atoms with Gasteiger partial charge in [-0.1, -0.05) is 123 Å². The summed E-state index contributed by atoms with van der Waals surface area (Å²) in [5.74, 6) is 0. The van der Waals surface area contributed by atoms with Gasteiger partial charge >= 0.3 is 75.3 Å². The first-order chi connectivity index (χ1) is 25.2. The number of rotatable bonds is 6. The predicted molar refractivity (Wildman–Crippen MR) is 220 cm³/mol. The number of hydrogen-bond acceptors (Lipinski definition) is 0. The fourth-order valence-corrected chi connectivity index (χ4v) is 5.97. The van der Waals surface area contributed by atoms with E-state index in [1.54, 1.807) is 0 Å². The van der Waals surface area contributed by atoms with E-state index in [-0.39, 0.29) is 24.8 Å². The van der Waals surface area contributed by atoms with Crippen LogP contribution in [0.3, 0.4) is 0 Å². The minimum Gasteiger partial charge on any atom is -1.00 e. The van der Waals surface area contributed by atoms with Crippen molar-refractivity contribution in [1.29, 1.82) is 0 Å². The predicted octanol–water partition coefficient (Wildman–Crippen LogP) is 7.35. The molecule has 0 nitrogen and oxygen atoms in total. The Morgan fingerprint density at radius 2 is 0.889 bits per heavy atom. The smallest absolute Gasteiger partial charge is 0.0253 e. The third kappa shape index (κ3) is 18.5. The van der Waals surface area contributed by atoms with E-state index in [1.807, 2.05) is 12.1 Å². The molecule has 54 heavy (non-hydrogen) atoms. The molecular formula is C50H56Cl2Ti2-2. The molecule has 0 unspecified atom stereocenters. The molecule has 0 amide bonds. The summed E-state index contributed by atoms with van der Waals surface area (Å²) in [6.45, 7) is 12.8. The molecule has 0 saturated heterocycles. The van der Waals surface area contributed by atoms with Gasteiger partial charge in [-0.15, -0.1) is 24.0 Å². The van der Waals surface area contributed by atoms with E-state index >= 15 is 0 Å². The maximum absolute atomic E-state index is 3.30. The van der Waals surface area contributed by atoms with Crippen LogP contribution < -0.4 is 24.8 Å². The van der Waals surface area contributed by atoms with Crippen LogP contribution in [0.4, 0.5) is 0 Å². The number of unbranched alkanes of at least 4 members (excludes halogenated alkanes) is 2. The first-order valence-corrected chi connectivity index (χ1v) is 20.5. The van der Waals surface area contributed by atoms with Crippen LogP contribution in [0, 0.1) is 24.3 Å². The van der Waals surface area contributed by atoms with Crippen LogP contribution >= 0.6 is 0 Å². The molecule has 4 aliphatic carbocycles. The average molecular weight is 824 g/mol. The first kappa shape index (κ1) is 49.6. The summed E-state index contributed by atoms with van der Waals surface area (Å²) in [5, 5.41) is 0. The van der Waals surface area contributed by atoms with Gasteiger partial charge in [0, 0.05) is 0 Å². The Bertz CT molecular complexity index is 1610. The SMILES string of the molecule is CCCCC1=[C-]CC=C1.CCCCC1=[C-]CC=C1.C[C](C)=[Ti+2].C[C](C)=[Ti+2].[Cl-].[Cl-].[c-]1cccc2c1Cc1ccccc1-2.[c-]1cccc2c1Cc1ccccc1-2. The Hall–Kier alpha value is -2.41. The molecule has 280 valence electrons. The Morgan fingerprint density at radius 3 is 1.22 bits per heavy atom. The normalized spacial score (nSPS) is 12.4. The first-order valence-electron chi connectivity index (χ1n) is 18.9. The van der Waals surface area contributed by atoms with E-state index in [4.69, 9.17) is 0 Å². The fourth-order valence-electron chi connectivity index (χ4n) is 5.97. The molecule has 0 aromatic heterocycles. The van der Waals surface area contributed by atoms with Crippen molar-refractivity contribution in [2.45, 2.75) is 106 Å². The molecule has 0 heterocycles. The average Bonchev–Trinajstić information content (AvgIpc) is 3.97. The second kappa shape index (κ2) is 28.9. The Kier molecular flexibility index (Phi) is 26.6. The summed E-state index contributed by atoms with van der Waals surface area (Å²) in [7, 11) is 0. The summed E-state index contributed by atoms with van der Waals surface area (Å²) in [5.41, 5.74) is 13.8. The van der Waals surface area contributed by atoms with Crippen LogP contribution in [-0.2, 0) is 52.8 Å². The van der Waals surface area contributed by atoms with Crippen LogP contribution in [0.5, 0.6) is 0 Å². The van der Waals surface area contributed by atoms with Crippen LogP contribution in [0.15, 0.2) is 120 Å². The third-order valence-corrected chi connectivity index (χ3v) is 8.36. The zero-order valence-corrected chi connectivity index (χ0v) is 37.9. The van der Waals surface area contributed by atoms with Crippen LogP contribution in [0.1, 0.15) is 115 Å². The van der Waals surface area contributed by atoms with Crippen LogP contribution in [-0.4, -0.2) is 7.62 Å². The number of hydrogen-bond donors (Lipinski definition) is 0. The maximum Gasteiger partial charge on any atom is -0.0253 e. The van der Waals surface area contributed by atoms with Gasteiger partial charge in [0.05, 0.1) is 0 Å². The van der Waals surface area contributed by atoms with E-state index in [0.717, 1.165) is 25.7 Å². The van der Waals surface area contributed by atoms with Gasteiger partial charge < -0.3 is 24.8 Å². The summed E-state index contributed by atoms with van der Waals surface area (Å²) < 4.78 is 2.83. The van der Waals surface area contributed by atoms with Crippen molar-refractivity contribution in [2.75, 3.05) is 0 Å². The van der Waals surface area contributed by atoms with E-state index in [1.165, 1.54) is 102 Å². The fraction of sp³-hybridized carbons (Fsp3) is 0.320. The van der Waals surface area contributed by atoms with Crippen molar-refractivity contribution in [2.24, 2.45) is 0 Å². The Labute approximate surface area is 364 Å². The number of benzene rings is 4. The van der Waals surface area contributed by atoms with Crippen LogP contribution in [0.25, 0.3) is 22.3 Å². The molecule has 8 rings (SSSR count).